The highest BCUT2D eigenvalue weighted by molar-refractivity contribution is 7.87. The minimum atomic E-state index is -1.72. The smallest absolute Gasteiger partial charge is 0.318 e. The molecule has 0 saturated heterocycles. The van der Waals surface area contributed by atoms with Crippen LogP contribution in [0.1, 0.15) is 18.1 Å². The van der Waals surface area contributed by atoms with E-state index >= 15 is 0 Å². The SMILES string of the molecule is Cc1cccc(NC(=O)CS(=O)C(C)C(=O)O)c1C. The number of benzene rings is 1. The third-order valence-corrected chi connectivity index (χ3v) is 4.43. The monoisotopic (exact) mass is 283 g/mol. The average molecular weight is 283 g/mol. The number of carbonyl (C=O) groups is 2. The first-order valence-corrected chi connectivity index (χ1v) is 7.17. The molecule has 0 bridgehead atoms. The van der Waals surface area contributed by atoms with Crippen molar-refractivity contribution in [2.24, 2.45) is 0 Å². The van der Waals surface area contributed by atoms with Crippen molar-refractivity contribution in [2.45, 2.75) is 26.0 Å². The predicted molar refractivity (Wildman–Crippen MR) is 74.7 cm³/mol. The summed E-state index contributed by atoms with van der Waals surface area (Å²) in [5.41, 5.74) is 2.63. The fraction of sp³-hybridized carbons (Fsp3) is 0.385. The van der Waals surface area contributed by atoms with Crippen molar-refractivity contribution in [3.05, 3.63) is 29.3 Å². The topological polar surface area (TPSA) is 83.5 Å². The van der Waals surface area contributed by atoms with Gasteiger partial charge in [0.15, 0.2) is 0 Å². The van der Waals surface area contributed by atoms with Crippen LogP contribution in [-0.4, -0.2) is 32.2 Å². The van der Waals surface area contributed by atoms with Gasteiger partial charge in [-0.25, -0.2) is 0 Å². The Morgan fingerprint density at radius 2 is 2.00 bits per heavy atom. The highest BCUT2D eigenvalue weighted by atomic mass is 32.2. The molecule has 0 aromatic heterocycles. The molecule has 0 heterocycles. The number of amides is 1. The first-order valence-electron chi connectivity index (χ1n) is 5.79. The highest BCUT2D eigenvalue weighted by Crippen LogP contribution is 2.17. The van der Waals surface area contributed by atoms with Crippen LogP contribution in [0.4, 0.5) is 5.69 Å². The van der Waals surface area contributed by atoms with Gasteiger partial charge >= 0.3 is 5.97 Å². The Hall–Kier alpha value is -1.69. The first-order chi connectivity index (χ1) is 8.82. The van der Waals surface area contributed by atoms with E-state index in [0.29, 0.717) is 5.69 Å². The maximum Gasteiger partial charge on any atom is 0.318 e. The van der Waals surface area contributed by atoms with Crippen molar-refractivity contribution in [2.75, 3.05) is 11.1 Å². The minimum Gasteiger partial charge on any atom is -0.480 e. The summed E-state index contributed by atoms with van der Waals surface area (Å²) in [5.74, 6) is -1.93. The second-order valence-electron chi connectivity index (χ2n) is 4.30. The number of carboxylic acids is 1. The quantitative estimate of drug-likeness (QED) is 0.857. The van der Waals surface area contributed by atoms with E-state index in [-0.39, 0.29) is 5.75 Å². The van der Waals surface area contributed by atoms with Gasteiger partial charge in [0.25, 0.3) is 0 Å². The summed E-state index contributed by atoms with van der Waals surface area (Å²) in [6.45, 7) is 5.13. The molecular formula is C13H17NO4S. The summed E-state index contributed by atoms with van der Waals surface area (Å²) in [6, 6.07) is 5.49. The molecule has 0 aliphatic carbocycles. The molecule has 0 aliphatic heterocycles. The number of aryl methyl sites for hydroxylation is 1. The number of carboxylic acid groups (broad SMARTS) is 1. The molecule has 0 aliphatic rings. The Kier molecular flexibility index (Phi) is 5.23. The van der Waals surface area contributed by atoms with E-state index in [4.69, 9.17) is 5.11 Å². The maximum atomic E-state index is 11.7. The van der Waals surface area contributed by atoms with Gasteiger partial charge in [-0.05, 0) is 38.0 Å². The molecule has 5 nitrogen and oxygen atoms in total. The second-order valence-corrected chi connectivity index (χ2v) is 6.06. The Morgan fingerprint density at radius 3 is 2.58 bits per heavy atom. The Balaban J connectivity index is 2.68. The van der Waals surface area contributed by atoms with Crippen molar-refractivity contribution < 1.29 is 18.9 Å². The summed E-state index contributed by atoms with van der Waals surface area (Å²) < 4.78 is 11.6. The molecule has 1 rings (SSSR count). The zero-order chi connectivity index (χ0) is 14.6. The van der Waals surface area contributed by atoms with E-state index in [1.165, 1.54) is 6.92 Å². The third-order valence-electron chi connectivity index (χ3n) is 2.89. The fourth-order valence-electron chi connectivity index (χ4n) is 1.44. The maximum absolute atomic E-state index is 11.7. The van der Waals surface area contributed by atoms with Crippen LogP contribution in [0, 0.1) is 13.8 Å². The van der Waals surface area contributed by atoms with Crippen LogP contribution in [0.2, 0.25) is 0 Å². The largest absolute Gasteiger partial charge is 0.480 e. The number of aliphatic carboxylic acids is 1. The van der Waals surface area contributed by atoms with Gasteiger partial charge in [-0.2, -0.15) is 0 Å². The predicted octanol–water partition coefficient (Wildman–Crippen LogP) is 1.46. The van der Waals surface area contributed by atoms with Gasteiger partial charge < -0.3 is 10.4 Å². The van der Waals surface area contributed by atoms with Crippen LogP contribution in [-0.2, 0) is 20.4 Å². The van der Waals surface area contributed by atoms with Gasteiger partial charge in [-0.15, -0.1) is 0 Å². The fourth-order valence-corrected chi connectivity index (χ4v) is 2.24. The molecule has 0 fully saturated rings. The van der Waals surface area contributed by atoms with E-state index in [9.17, 15) is 13.8 Å². The zero-order valence-electron chi connectivity index (χ0n) is 11.1. The van der Waals surface area contributed by atoms with Gasteiger partial charge in [-0.1, -0.05) is 12.1 Å². The van der Waals surface area contributed by atoms with Gasteiger partial charge in [0, 0.05) is 16.5 Å². The molecule has 104 valence electrons. The summed E-state index contributed by atoms with van der Waals surface area (Å²) >= 11 is 0. The third kappa shape index (κ3) is 4.17. The first kappa shape index (κ1) is 15.4. The normalized spacial score (nSPS) is 13.6. The number of hydrogen-bond acceptors (Lipinski definition) is 3. The number of hydrogen-bond donors (Lipinski definition) is 2. The summed E-state index contributed by atoms with van der Waals surface area (Å²) in [6.07, 6.45) is 0. The van der Waals surface area contributed by atoms with Crippen LogP contribution in [0.25, 0.3) is 0 Å². The number of rotatable bonds is 5. The molecule has 1 amide bonds. The van der Waals surface area contributed by atoms with Crippen LogP contribution < -0.4 is 5.32 Å². The summed E-state index contributed by atoms with van der Waals surface area (Å²) in [4.78, 5) is 22.4. The lowest BCUT2D eigenvalue weighted by molar-refractivity contribution is -0.136. The molecular weight excluding hydrogens is 266 g/mol. The molecule has 1 aromatic carbocycles. The van der Waals surface area contributed by atoms with E-state index < -0.39 is 27.9 Å². The van der Waals surface area contributed by atoms with Crippen molar-refractivity contribution in [1.29, 1.82) is 0 Å². The molecule has 2 atom stereocenters. The molecule has 2 N–H and O–H groups in total. The van der Waals surface area contributed by atoms with E-state index in [0.717, 1.165) is 11.1 Å². The van der Waals surface area contributed by atoms with Crippen molar-refractivity contribution >= 4 is 28.4 Å². The second kappa shape index (κ2) is 6.47. The molecule has 0 radical (unpaired) electrons. The standard InChI is InChI=1S/C13H17NO4S/c1-8-5-4-6-11(9(8)2)14-12(15)7-19(18)10(3)13(16)17/h4-6,10H,7H2,1-3H3,(H,14,15)(H,16,17). The van der Waals surface area contributed by atoms with Crippen LogP contribution in [0.5, 0.6) is 0 Å². The summed E-state index contributed by atoms with van der Waals surface area (Å²) in [5, 5.41) is 10.3. The van der Waals surface area contributed by atoms with Crippen LogP contribution in [0.3, 0.4) is 0 Å². The number of anilines is 1. The number of nitrogens with one attached hydrogen (secondary N) is 1. The van der Waals surface area contributed by atoms with Crippen molar-refractivity contribution in [3.63, 3.8) is 0 Å². The molecule has 2 unspecified atom stereocenters. The lowest BCUT2D eigenvalue weighted by Gasteiger charge is -2.11. The molecule has 0 spiro atoms. The zero-order valence-corrected chi connectivity index (χ0v) is 11.9. The van der Waals surface area contributed by atoms with E-state index in [1.807, 2.05) is 26.0 Å². The molecule has 19 heavy (non-hydrogen) atoms. The van der Waals surface area contributed by atoms with Gasteiger partial charge in [-0.3, -0.25) is 13.8 Å². The molecule has 1 aromatic rings. The van der Waals surface area contributed by atoms with Gasteiger partial charge in [0.1, 0.15) is 11.0 Å². The minimum absolute atomic E-state index is 0.319. The van der Waals surface area contributed by atoms with E-state index in [1.54, 1.807) is 6.07 Å². The lowest BCUT2D eigenvalue weighted by atomic mass is 10.1. The number of carbonyl (C=O) groups excluding carboxylic acids is 1. The van der Waals surface area contributed by atoms with E-state index in [2.05, 4.69) is 5.32 Å². The Labute approximate surface area is 114 Å². The molecule has 6 heteroatoms. The Bertz CT molecular complexity index is 527. The van der Waals surface area contributed by atoms with Gasteiger partial charge in [0.05, 0.1) is 0 Å². The Morgan fingerprint density at radius 1 is 1.37 bits per heavy atom. The molecule has 0 saturated carbocycles. The summed E-state index contributed by atoms with van der Waals surface area (Å²) in [7, 11) is -1.72. The van der Waals surface area contributed by atoms with Crippen LogP contribution in [0.15, 0.2) is 18.2 Å². The van der Waals surface area contributed by atoms with Crippen molar-refractivity contribution in [3.8, 4) is 0 Å². The van der Waals surface area contributed by atoms with Crippen molar-refractivity contribution in [1.82, 2.24) is 0 Å². The lowest BCUT2D eigenvalue weighted by Crippen LogP contribution is -2.29. The average Bonchev–Trinajstić information content (AvgIpc) is 2.33. The van der Waals surface area contributed by atoms with Crippen LogP contribution >= 0.6 is 0 Å². The van der Waals surface area contributed by atoms with Gasteiger partial charge in [0.2, 0.25) is 5.91 Å². The highest BCUT2D eigenvalue weighted by Gasteiger charge is 2.21.